The maximum Gasteiger partial charge on any atom is 0.326 e. The summed E-state index contributed by atoms with van der Waals surface area (Å²) in [6.07, 6.45) is 0.571. The topological polar surface area (TPSA) is 215 Å². The van der Waals surface area contributed by atoms with Crippen molar-refractivity contribution in [2.75, 3.05) is 12.3 Å². The van der Waals surface area contributed by atoms with Gasteiger partial charge in [-0.1, -0.05) is 44.2 Å². The summed E-state index contributed by atoms with van der Waals surface area (Å²) in [7, 11) is 0. The van der Waals surface area contributed by atoms with E-state index in [1.54, 1.807) is 38.1 Å². The Morgan fingerprint density at radius 2 is 1.58 bits per heavy atom. The average molecular weight is 524 g/mol. The van der Waals surface area contributed by atoms with Crippen molar-refractivity contribution in [2.45, 2.75) is 57.3 Å². The van der Waals surface area contributed by atoms with Crippen LogP contribution in [0, 0.1) is 5.92 Å². The third kappa shape index (κ3) is 11.0. The van der Waals surface area contributed by atoms with Gasteiger partial charge in [-0.05, 0) is 24.3 Å². The van der Waals surface area contributed by atoms with Crippen LogP contribution >= 0.6 is 12.6 Å². The van der Waals surface area contributed by atoms with Gasteiger partial charge in [-0.15, -0.1) is 0 Å². The molecule has 0 heterocycles. The molecule has 0 aromatic heterocycles. The van der Waals surface area contributed by atoms with E-state index in [0.717, 1.165) is 5.56 Å². The minimum absolute atomic E-state index is 0.0856. The van der Waals surface area contributed by atoms with Gasteiger partial charge in [-0.25, -0.2) is 4.79 Å². The normalized spacial score (nSPS) is 14.1. The summed E-state index contributed by atoms with van der Waals surface area (Å²) in [5, 5.41) is 17.2. The van der Waals surface area contributed by atoms with Crippen LogP contribution in [0.15, 0.2) is 35.3 Å². The first kappa shape index (κ1) is 30.7. The maximum atomic E-state index is 13.2. The summed E-state index contributed by atoms with van der Waals surface area (Å²) >= 11 is 4.02. The zero-order valence-corrected chi connectivity index (χ0v) is 21.4. The first-order chi connectivity index (χ1) is 17.0. The van der Waals surface area contributed by atoms with Crippen LogP contribution < -0.4 is 33.2 Å². The Balaban J connectivity index is 2.98. The van der Waals surface area contributed by atoms with Crippen molar-refractivity contribution >= 4 is 42.3 Å². The molecular formula is C23H37N7O5S. The fourth-order valence-corrected chi connectivity index (χ4v) is 3.40. The van der Waals surface area contributed by atoms with E-state index in [1.165, 1.54) is 0 Å². The SMILES string of the molecule is CC(C)C(NC(=O)C(Cc1ccccc1)NC(=O)C(N)CS)C(=O)NC(CCCN=C(N)N)C(=O)O. The van der Waals surface area contributed by atoms with Crippen molar-refractivity contribution in [1.82, 2.24) is 16.0 Å². The van der Waals surface area contributed by atoms with E-state index < -0.39 is 47.9 Å². The van der Waals surface area contributed by atoms with Crippen LogP contribution in [0.2, 0.25) is 0 Å². The van der Waals surface area contributed by atoms with E-state index in [0.29, 0.717) is 6.42 Å². The smallest absolute Gasteiger partial charge is 0.326 e. The third-order valence-corrected chi connectivity index (χ3v) is 5.65. The molecule has 12 nitrogen and oxygen atoms in total. The molecule has 0 saturated heterocycles. The van der Waals surface area contributed by atoms with Crippen LogP contribution in [0.25, 0.3) is 0 Å². The van der Waals surface area contributed by atoms with Crippen molar-refractivity contribution in [3.05, 3.63) is 35.9 Å². The minimum atomic E-state index is -1.23. The molecular weight excluding hydrogens is 486 g/mol. The molecule has 0 radical (unpaired) electrons. The Morgan fingerprint density at radius 3 is 2.11 bits per heavy atom. The number of carboxylic acids is 1. The summed E-state index contributed by atoms with van der Waals surface area (Å²) in [6, 6.07) is 4.85. The predicted octanol–water partition coefficient (Wildman–Crippen LogP) is -1.27. The second-order valence-corrected chi connectivity index (χ2v) is 8.98. The Morgan fingerprint density at radius 1 is 0.972 bits per heavy atom. The molecule has 0 bridgehead atoms. The van der Waals surface area contributed by atoms with E-state index in [4.69, 9.17) is 17.2 Å². The molecule has 0 aliphatic rings. The Kier molecular flexibility index (Phi) is 13.3. The number of nitrogens with two attached hydrogens (primary N) is 3. The number of guanidine groups is 1. The molecule has 4 atom stereocenters. The molecule has 4 unspecified atom stereocenters. The number of rotatable bonds is 15. The first-order valence-corrected chi connectivity index (χ1v) is 12.2. The van der Waals surface area contributed by atoms with Crippen LogP contribution in [0.1, 0.15) is 32.3 Å². The lowest BCUT2D eigenvalue weighted by atomic mass is 10.00. The van der Waals surface area contributed by atoms with E-state index in [-0.39, 0.29) is 37.0 Å². The van der Waals surface area contributed by atoms with E-state index >= 15 is 0 Å². The van der Waals surface area contributed by atoms with Crippen LogP contribution in [-0.4, -0.2) is 71.2 Å². The predicted molar refractivity (Wildman–Crippen MR) is 140 cm³/mol. The Bertz CT molecular complexity index is 909. The van der Waals surface area contributed by atoms with E-state index in [1.807, 2.05) is 6.07 Å². The largest absolute Gasteiger partial charge is 0.480 e. The minimum Gasteiger partial charge on any atom is -0.480 e. The first-order valence-electron chi connectivity index (χ1n) is 11.6. The van der Waals surface area contributed by atoms with Gasteiger partial charge in [0.25, 0.3) is 0 Å². The number of nitrogens with one attached hydrogen (secondary N) is 3. The molecule has 200 valence electrons. The molecule has 0 spiro atoms. The van der Waals surface area contributed by atoms with Gasteiger partial charge in [-0.2, -0.15) is 12.6 Å². The standard InChI is InChI=1S/C23H37N7O5S/c1-13(2)18(21(33)28-16(22(34)35)9-6-10-27-23(25)26)30-20(32)17(29-19(31)15(24)12-36)11-14-7-4-3-5-8-14/h3-5,7-8,13,15-18,36H,6,9-12,24H2,1-2H3,(H,28,33)(H,29,31)(H,30,32)(H,34,35)(H4,25,26,27). The Hall–Kier alpha value is -3.32. The third-order valence-electron chi connectivity index (χ3n) is 5.26. The molecule has 0 saturated carbocycles. The number of thiol groups is 1. The van der Waals surface area contributed by atoms with Crippen LogP contribution in [0.3, 0.4) is 0 Å². The highest BCUT2D eigenvalue weighted by Crippen LogP contribution is 2.08. The van der Waals surface area contributed by atoms with Gasteiger partial charge in [0, 0.05) is 18.7 Å². The fraction of sp³-hybridized carbons (Fsp3) is 0.522. The second kappa shape index (κ2) is 15.6. The number of nitrogens with zero attached hydrogens (tertiary/aromatic N) is 1. The summed E-state index contributed by atoms with van der Waals surface area (Å²) in [5.41, 5.74) is 17.1. The summed E-state index contributed by atoms with van der Waals surface area (Å²) in [5.74, 6) is -3.45. The monoisotopic (exact) mass is 523 g/mol. The van der Waals surface area contributed by atoms with Gasteiger partial charge in [0.05, 0.1) is 6.04 Å². The van der Waals surface area contributed by atoms with Crippen molar-refractivity contribution in [1.29, 1.82) is 0 Å². The average Bonchev–Trinajstić information content (AvgIpc) is 2.83. The number of hydrogen-bond acceptors (Lipinski definition) is 7. The highest BCUT2D eigenvalue weighted by atomic mass is 32.1. The number of carboxylic acid groups (broad SMARTS) is 1. The van der Waals surface area contributed by atoms with E-state index in [9.17, 15) is 24.3 Å². The van der Waals surface area contributed by atoms with Gasteiger partial charge < -0.3 is 38.3 Å². The molecule has 0 aliphatic carbocycles. The van der Waals surface area contributed by atoms with Gasteiger partial charge in [-0.3, -0.25) is 19.4 Å². The molecule has 3 amide bonds. The summed E-state index contributed by atoms with van der Waals surface area (Å²) in [4.78, 5) is 54.0. The zero-order chi connectivity index (χ0) is 27.3. The van der Waals surface area contributed by atoms with Gasteiger partial charge in [0.2, 0.25) is 17.7 Å². The molecule has 10 N–H and O–H groups in total. The second-order valence-electron chi connectivity index (χ2n) is 8.62. The highest BCUT2D eigenvalue weighted by Gasteiger charge is 2.31. The molecule has 1 aromatic carbocycles. The van der Waals surface area contributed by atoms with Gasteiger partial charge >= 0.3 is 5.97 Å². The van der Waals surface area contributed by atoms with Crippen LogP contribution in [0.5, 0.6) is 0 Å². The molecule has 0 aliphatic heterocycles. The lowest BCUT2D eigenvalue weighted by Crippen LogP contribution is -2.59. The summed E-state index contributed by atoms with van der Waals surface area (Å²) in [6.45, 7) is 3.63. The number of aliphatic imine (C=N–C) groups is 1. The van der Waals surface area contributed by atoms with Crippen molar-refractivity contribution in [2.24, 2.45) is 28.1 Å². The van der Waals surface area contributed by atoms with Crippen LogP contribution in [-0.2, 0) is 25.6 Å². The van der Waals surface area contributed by atoms with E-state index in [2.05, 4.69) is 33.6 Å². The number of benzene rings is 1. The Labute approximate surface area is 216 Å². The quantitative estimate of drug-likeness (QED) is 0.0599. The highest BCUT2D eigenvalue weighted by molar-refractivity contribution is 7.80. The molecule has 0 fully saturated rings. The number of aliphatic carboxylic acids is 1. The molecule has 1 aromatic rings. The van der Waals surface area contributed by atoms with Crippen molar-refractivity contribution < 1.29 is 24.3 Å². The van der Waals surface area contributed by atoms with Crippen LogP contribution in [0.4, 0.5) is 0 Å². The maximum absolute atomic E-state index is 13.2. The lowest BCUT2D eigenvalue weighted by molar-refractivity contribution is -0.142. The van der Waals surface area contributed by atoms with Crippen molar-refractivity contribution in [3.63, 3.8) is 0 Å². The molecule has 36 heavy (non-hydrogen) atoms. The number of carbonyl (C=O) groups excluding carboxylic acids is 3. The van der Waals surface area contributed by atoms with Gasteiger partial charge in [0.15, 0.2) is 5.96 Å². The molecule has 13 heteroatoms. The van der Waals surface area contributed by atoms with Crippen molar-refractivity contribution in [3.8, 4) is 0 Å². The number of hydrogen-bond donors (Lipinski definition) is 8. The van der Waals surface area contributed by atoms with Gasteiger partial charge in [0.1, 0.15) is 18.1 Å². The zero-order valence-electron chi connectivity index (χ0n) is 20.5. The summed E-state index contributed by atoms with van der Waals surface area (Å²) < 4.78 is 0. The molecule has 1 rings (SSSR count). The lowest BCUT2D eigenvalue weighted by Gasteiger charge is -2.27. The fourth-order valence-electron chi connectivity index (χ4n) is 3.23. The number of amides is 3. The number of carbonyl (C=O) groups is 4.